The summed E-state index contributed by atoms with van der Waals surface area (Å²) < 4.78 is 5.38. The number of rotatable bonds is 12. The maximum atomic E-state index is 14.0. The maximum Gasteiger partial charge on any atom is 0.408 e. The molecule has 3 amide bonds. The molecule has 0 aromatic heterocycles. The van der Waals surface area contributed by atoms with Crippen molar-refractivity contribution in [2.24, 2.45) is 0 Å². The molecule has 0 spiro atoms. The molecule has 2 unspecified atom stereocenters. The van der Waals surface area contributed by atoms with E-state index in [0.29, 0.717) is 6.54 Å². The van der Waals surface area contributed by atoms with Crippen LogP contribution in [-0.2, 0) is 14.3 Å². The summed E-state index contributed by atoms with van der Waals surface area (Å²) in [6.07, 6.45) is 4.31. The SMILES string of the molecule is CCCCCCCN(C(=O)C(CS)NC(=O)OC(C)(C)C)C(C(=O)NC(C)(C)C)c1cc(C)ccc1C. The molecule has 0 heterocycles. The molecule has 1 aromatic rings. The molecule has 2 N–H and O–H groups in total. The Morgan fingerprint density at radius 1 is 1.00 bits per heavy atom. The number of nitrogens with zero attached hydrogens (tertiary/aromatic N) is 1. The number of ether oxygens (including phenoxy) is 1. The second kappa shape index (κ2) is 14.6. The second-order valence-corrected chi connectivity index (χ2v) is 12.2. The Kier molecular flexibility index (Phi) is 13.0. The Balaban J connectivity index is 3.48. The van der Waals surface area contributed by atoms with E-state index in [4.69, 9.17) is 4.74 Å². The summed E-state index contributed by atoms with van der Waals surface area (Å²) >= 11 is 4.37. The van der Waals surface area contributed by atoms with Gasteiger partial charge < -0.3 is 20.3 Å². The van der Waals surface area contributed by atoms with Crippen molar-refractivity contribution in [3.8, 4) is 0 Å². The quantitative estimate of drug-likeness (QED) is 0.230. The number of aryl methyl sites for hydroxylation is 2. The largest absolute Gasteiger partial charge is 0.444 e. The third kappa shape index (κ3) is 11.8. The van der Waals surface area contributed by atoms with Gasteiger partial charge in [0.2, 0.25) is 11.8 Å². The third-order valence-electron chi connectivity index (χ3n) is 5.74. The predicted octanol–water partition coefficient (Wildman–Crippen LogP) is 5.88. The first-order valence-corrected chi connectivity index (χ1v) is 14.0. The van der Waals surface area contributed by atoms with Crippen molar-refractivity contribution in [3.05, 3.63) is 34.9 Å². The van der Waals surface area contributed by atoms with Gasteiger partial charge in [-0.3, -0.25) is 9.59 Å². The van der Waals surface area contributed by atoms with Crippen molar-refractivity contribution < 1.29 is 19.1 Å². The highest BCUT2D eigenvalue weighted by atomic mass is 32.1. The number of benzene rings is 1. The van der Waals surface area contributed by atoms with Crippen molar-refractivity contribution in [2.75, 3.05) is 12.3 Å². The molecule has 0 aliphatic carbocycles. The monoisotopic (exact) mass is 535 g/mol. The molecule has 37 heavy (non-hydrogen) atoms. The van der Waals surface area contributed by atoms with E-state index >= 15 is 0 Å². The summed E-state index contributed by atoms with van der Waals surface area (Å²) in [5.41, 5.74) is 1.51. The zero-order valence-corrected chi connectivity index (χ0v) is 25.3. The average Bonchev–Trinajstić information content (AvgIpc) is 2.75. The number of hydrogen-bond donors (Lipinski definition) is 3. The van der Waals surface area contributed by atoms with Gasteiger partial charge in [0.1, 0.15) is 17.7 Å². The zero-order valence-electron chi connectivity index (χ0n) is 24.4. The fraction of sp³-hybridized carbons (Fsp3) is 0.690. The smallest absolute Gasteiger partial charge is 0.408 e. The van der Waals surface area contributed by atoms with Gasteiger partial charge in [0.15, 0.2) is 0 Å². The molecule has 0 aliphatic heterocycles. The van der Waals surface area contributed by atoms with Gasteiger partial charge in [0, 0.05) is 17.8 Å². The van der Waals surface area contributed by atoms with Crippen LogP contribution in [0.1, 0.15) is 103 Å². The highest BCUT2D eigenvalue weighted by Gasteiger charge is 2.37. The molecule has 210 valence electrons. The fourth-order valence-corrected chi connectivity index (χ4v) is 4.28. The standard InChI is InChI=1S/C29H49N3O4S/c1-10-11-12-13-14-17-32(26(34)23(19-37)30-27(35)36-29(7,8)9)24(25(33)31-28(4,5)6)22-18-20(2)15-16-21(22)3/h15-16,18,23-24,37H,10-14,17,19H2,1-9H3,(H,30,35)(H,31,33). The number of hydrogen-bond acceptors (Lipinski definition) is 5. The number of thiol groups is 1. The average molecular weight is 536 g/mol. The highest BCUT2D eigenvalue weighted by molar-refractivity contribution is 7.80. The minimum atomic E-state index is -0.941. The molecule has 7 nitrogen and oxygen atoms in total. The van der Waals surface area contributed by atoms with Crippen molar-refractivity contribution >= 4 is 30.5 Å². The normalized spacial score (nSPS) is 13.5. The molecule has 1 aromatic carbocycles. The van der Waals surface area contributed by atoms with E-state index in [9.17, 15) is 14.4 Å². The Labute approximate surface area is 229 Å². The lowest BCUT2D eigenvalue weighted by Gasteiger charge is -2.36. The molecule has 0 saturated heterocycles. The van der Waals surface area contributed by atoms with Gasteiger partial charge in [0.05, 0.1) is 0 Å². The van der Waals surface area contributed by atoms with Crippen LogP contribution in [0.2, 0.25) is 0 Å². The molecular weight excluding hydrogens is 486 g/mol. The van der Waals surface area contributed by atoms with Crippen LogP contribution in [0.3, 0.4) is 0 Å². The molecular formula is C29H49N3O4S. The third-order valence-corrected chi connectivity index (χ3v) is 6.11. The maximum absolute atomic E-state index is 14.0. The van der Waals surface area contributed by atoms with Crippen LogP contribution in [0.5, 0.6) is 0 Å². The summed E-state index contributed by atoms with van der Waals surface area (Å²) in [5, 5.41) is 5.75. The second-order valence-electron chi connectivity index (χ2n) is 11.8. The first-order valence-electron chi connectivity index (χ1n) is 13.4. The van der Waals surface area contributed by atoms with Gasteiger partial charge >= 0.3 is 6.09 Å². The van der Waals surface area contributed by atoms with Gasteiger partial charge in [-0.2, -0.15) is 12.6 Å². The number of amides is 3. The van der Waals surface area contributed by atoms with E-state index in [1.807, 2.05) is 52.8 Å². The van der Waals surface area contributed by atoms with Crippen molar-refractivity contribution in [1.82, 2.24) is 15.5 Å². The van der Waals surface area contributed by atoms with Gasteiger partial charge in [0.25, 0.3) is 0 Å². The van der Waals surface area contributed by atoms with Crippen molar-refractivity contribution in [2.45, 2.75) is 118 Å². The number of alkyl carbamates (subject to hydrolysis) is 1. The van der Waals surface area contributed by atoms with E-state index in [2.05, 4.69) is 30.2 Å². The summed E-state index contributed by atoms with van der Waals surface area (Å²) in [6, 6.07) is 4.15. The zero-order chi connectivity index (χ0) is 28.4. The number of carbonyl (C=O) groups is 3. The van der Waals surface area contributed by atoms with Crippen LogP contribution in [0.4, 0.5) is 4.79 Å². The lowest BCUT2D eigenvalue weighted by Crippen LogP contribution is -2.55. The Hall–Kier alpha value is -2.22. The van der Waals surface area contributed by atoms with E-state index in [1.165, 1.54) is 0 Å². The Bertz CT molecular complexity index is 905. The van der Waals surface area contributed by atoms with E-state index in [0.717, 1.165) is 48.8 Å². The predicted molar refractivity (Wildman–Crippen MR) is 154 cm³/mol. The first-order chi connectivity index (χ1) is 17.1. The highest BCUT2D eigenvalue weighted by Crippen LogP contribution is 2.28. The van der Waals surface area contributed by atoms with Crippen LogP contribution in [-0.4, -0.2) is 52.3 Å². The molecule has 8 heteroatoms. The van der Waals surface area contributed by atoms with Crippen LogP contribution < -0.4 is 10.6 Å². The number of nitrogens with one attached hydrogen (secondary N) is 2. The number of unbranched alkanes of at least 4 members (excludes halogenated alkanes) is 4. The summed E-state index contributed by atoms with van der Waals surface area (Å²) in [5.74, 6) is -0.533. The Morgan fingerprint density at radius 3 is 2.16 bits per heavy atom. The molecule has 0 radical (unpaired) electrons. The number of carbonyl (C=O) groups excluding carboxylic acids is 3. The molecule has 2 atom stereocenters. The first kappa shape index (κ1) is 32.8. The molecule has 0 aliphatic rings. The Morgan fingerprint density at radius 2 is 1.62 bits per heavy atom. The molecule has 1 rings (SSSR count). The van der Waals surface area contributed by atoms with Crippen LogP contribution in [0, 0.1) is 13.8 Å². The van der Waals surface area contributed by atoms with E-state index < -0.39 is 29.3 Å². The van der Waals surface area contributed by atoms with Gasteiger partial charge in [-0.15, -0.1) is 0 Å². The van der Waals surface area contributed by atoms with Gasteiger partial charge in [-0.1, -0.05) is 56.4 Å². The fourth-order valence-electron chi connectivity index (χ4n) is 4.03. The van der Waals surface area contributed by atoms with E-state index in [-0.39, 0.29) is 17.6 Å². The minimum Gasteiger partial charge on any atom is -0.444 e. The minimum absolute atomic E-state index is 0.0742. The summed E-state index contributed by atoms with van der Waals surface area (Å²) in [4.78, 5) is 41.9. The van der Waals surface area contributed by atoms with Crippen molar-refractivity contribution in [1.29, 1.82) is 0 Å². The van der Waals surface area contributed by atoms with Crippen LogP contribution in [0.15, 0.2) is 18.2 Å². The van der Waals surface area contributed by atoms with Crippen LogP contribution in [0.25, 0.3) is 0 Å². The summed E-state index contributed by atoms with van der Waals surface area (Å²) in [6.45, 7) is 17.5. The lowest BCUT2D eigenvalue weighted by atomic mass is 9.95. The van der Waals surface area contributed by atoms with Gasteiger partial charge in [-0.05, 0) is 72.9 Å². The summed E-state index contributed by atoms with van der Waals surface area (Å²) in [7, 11) is 0. The van der Waals surface area contributed by atoms with E-state index in [1.54, 1.807) is 25.7 Å². The molecule has 0 saturated carbocycles. The van der Waals surface area contributed by atoms with Crippen LogP contribution >= 0.6 is 12.6 Å². The van der Waals surface area contributed by atoms with Gasteiger partial charge in [-0.25, -0.2) is 4.79 Å². The topological polar surface area (TPSA) is 87.7 Å². The van der Waals surface area contributed by atoms with Crippen molar-refractivity contribution in [3.63, 3.8) is 0 Å². The molecule has 0 bridgehead atoms. The lowest BCUT2D eigenvalue weighted by molar-refractivity contribution is -0.142. The molecule has 0 fully saturated rings.